The van der Waals surface area contributed by atoms with Crippen LogP contribution in [-0.2, 0) is 16.1 Å². The van der Waals surface area contributed by atoms with Crippen LogP contribution in [0.25, 0.3) is 0 Å². The molecule has 1 heterocycles. The van der Waals surface area contributed by atoms with Gasteiger partial charge in [0.2, 0.25) is 0 Å². The minimum Gasteiger partial charge on any atom is -0.493 e. The van der Waals surface area contributed by atoms with Crippen LogP contribution in [0.1, 0.15) is 55.2 Å². The Labute approximate surface area is 199 Å². The number of hydrogen-bond acceptors (Lipinski definition) is 5. The van der Waals surface area contributed by atoms with Crippen molar-refractivity contribution in [3.05, 3.63) is 88.7 Å². The molecule has 1 aliphatic rings. The molecule has 178 valence electrons. The van der Waals surface area contributed by atoms with E-state index in [1.165, 1.54) is 13.0 Å². The molecular weight excluding hydrogens is 433 g/mol. The fourth-order valence-electron chi connectivity index (χ4n) is 4.62. The van der Waals surface area contributed by atoms with E-state index in [1.54, 1.807) is 25.3 Å². The Balaban J connectivity index is 1.79. The predicted molar refractivity (Wildman–Crippen MR) is 130 cm³/mol. The summed E-state index contributed by atoms with van der Waals surface area (Å²) >= 11 is 0. The molecule has 34 heavy (non-hydrogen) atoms. The van der Waals surface area contributed by atoms with Gasteiger partial charge in [-0.05, 0) is 25.1 Å². The van der Waals surface area contributed by atoms with Gasteiger partial charge in [0.1, 0.15) is 18.5 Å². The molecule has 5 nitrogen and oxygen atoms in total. The van der Waals surface area contributed by atoms with Crippen molar-refractivity contribution in [2.75, 3.05) is 12.4 Å². The minimum absolute atomic E-state index is 0.0519. The highest BCUT2D eigenvalue weighted by molar-refractivity contribution is 5.68. The van der Waals surface area contributed by atoms with Gasteiger partial charge >= 0.3 is 5.97 Å². The quantitative estimate of drug-likeness (QED) is 0.422. The van der Waals surface area contributed by atoms with Gasteiger partial charge in [0.05, 0.1) is 13.2 Å². The van der Waals surface area contributed by atoms with Gasteiger partial charge in [0.15, 0.2) is 11.5 Å². The van der Waals surface area contributed by atoms with Crippen molar-refractivity contribution in [3.63, 3.8) is 0 Å². The molecule has 6 heteroatoms. The van der Waals surface area contributed by atoms with Gasteiger partial charge in [-0.1, -0.05) is 61.9 Å². The number of carbonyl (C=O) groups excluding carboxylic acids is 1. The number of nitrogens with one attached hydrogen (secondary N) is 1. The Morgan fingerprint density at radius 2 is 1.82 bits per heavy atom. The summed E-state index contributed by atoms with van der Waals surface area (Å²) in [4.78, 5) is 12.1. The Kier molecular flexibility index (Phi) is 6.51. The van der Waals surface area contributed by atoms with E-state index in [0.717, 1.165) is 22.4 Å². The summed E-state index contributed by atoms with van der Waals surface area (Å²) in [5, 5.41) is 3.63. The van der Waals surface area contributed by atoms with E-state index in [9.17, 15) is 9.18 Å². The number of rotatable bonds is 6. The lowest BCUT2D eigenvalue weighted by Crippen LogP contribution is -2.40. The SMILES string of the molecule is COc1cccc([C@H]2Nc3ccc(C)cc3[C@H](OC(C)=O)C2(C)C)c1OCc1ccccc1F. The van der Waals surface area contributed by atoms with E-state index in [-0.39, 0.29) is 24.4 Å². The highest BCUT2D eigenvalue weighted by Gasteiger charge is 2.47. The standard InChI is InChI=1S/C28H30FNO4/c1-17-13-14-23-21(15-17)27(34-18(2)31)28(3,4)26(30-23)20-10-8-12-24(32-5)25(20)33-16-19-9-6-7-11-22(19)29/h6-15,26-27,30H,16H2,1-5H3/t26-,27+/m1/s1. The van der Waals surface area contributed by atoms with E-state index in [4.69, 9.17) is 14.2 Å². The van der Waals surface area contributed by atoms with Gasteiger partial charge in [-0.25, -0.2) is 4.39 Å². The smallest absolute Gasteiger partial charge is 0.303 e. The topological polar surface area (TPSA) is 56.8 Å². The van der Waals surface area contributed by atoms with Crippen LogP contribution in [0.2, 0.25) is 0 Å². The zero-order valence-corrected chi connectivity index (χ0v) is 20.1. The van der Waals surface area contributed by atoms with E-state index >= 15 is 0 Å². The average Bonchev–Trinajstić information content (AvgIpc) is 2.80. The zero-order chi connectivity index (χ0) is 24.5. The number of para-hydroxylation sites is 1. The van der Waals surface area contributed by atoms with Crippen molar-refractivity contribution in [1.29, 1.82) is 0 Å². The summed E-state index contributed by atoms with van der Waals surface area (Å²) in [7, 11) is 1.58. The van der Waals surface area contributed by atoms with Crippen molar-refractivity contribution >= 4 is 11.7 Å². The monoisotopic (exact) mass is 463 g/mol. The van der Waals surface area contributed by atoms with Crippen LogP contribution in [0.4, 0.5) is 10.1 Å². The Bertz CT molecular complexity index is 1210. The van der Waals surface area contributed by atoms with E-state index in [1.807, 2.05) is 37.3 Å². The highest BCUT2D eigenvalue weighted by atomic mass is 19.1. The largest absolute Gasteiger partial charge is 0.493 e. The molecule has 1 aliphatic heterocycles. The van der Waals surface area contributed by atoms with Crippen molar-refractivity contribution in [2.45, 2.75) is 46.4 Å². The lowest BCUT2D eigenvalue weighted by Gasteiger charge is -2.46. The van der Waals surface area contributed by atoms with Crippen LogP contribution in [0.3, 0.4) is 0 Å². The molecule has 0 unspecified atom stereocenters. The van der Waals surface area contributed by atoms with E-state index in [0.29, 0.717) is 17.1 Å². The van der Waals surface area contributed by atoms with Crippen LogP contribution in [-0.4, -0.2) is 13.1 Å². The van der Waals surface area contributed by atoms with Crippen LogP contribution < -0.4 is 14.8 Å². The molecule has 0 aliphatic carbocycles. The van der Waals surface area contributed by atoms with Crippen molar-refractivity contribution in [3.8, 4) is 11.5 Å². The van der Waals surface area contributed by atoms with Crippen LogP contribution in [0.5, 0.6) is 11.5 Å². The van der Waals surface area contributed by atoms with E-state index < -0.39 is 11.5 Å². The lowest BCUT2D eigenvalue weighted by molar-refractivity contribution is -0.154. The molecule has 0 aromatic heterocycles. The van der Waals surface area contributed by atoms with Crippen molar-refractivity contribution in [1.82, 2.24) is 0 Å². The first-order valence-corrected chi connectivity index (χ1v) is 11.3. The maximum atomic E-state index is 14.3. The molecule has 3 aromatic rings. The Morgan fingerprint density at radius 1 is 1.06 bits per heavy atom. The van der Waals surface area contributed by atoms with Crippen LogP contribution in [0, 0.1) is 18.2 Å². The number of benzene rings is 3. The first kappa shape index (κ1) is 23.6. The number of esters is 1. The molecular formula is C28H30FNO4. The predicted octanol–water partition coefficient (Wildman–Crippen LogP) is 6.52. The zero-order valence-electron chi connectivity index (χ0n) is 20.1. The molecule has 3 aromatic carbocycles. The molecule has 2 atom stereocenters. The maximum absolute atomic E-state index is 14.3. The van der Waals surface area contributed by atoms with Crippen LogP contribution in [0.15, 0.2) is 60.7 Å². The highest BCUT2D eigenvalue weighted by Crippen LogP contribution is 2.55. The third kappa shape index (κ3) is 4.45. The number of aryl methyl sites for hydroxylation is 1. The van der Waals surface area contributed by atoms with Gasteiger partial charge in [-0.3, -0.25) is 4.79 Å². The summed E-state index contributed by atoms with van der Waals surface area (Å²) in [6, 6.07) is 18.0. The number of ether oxygens (including phenoxy) is 3. The minimum atomic E-state index is -0.547. The second-order valence-electron chi connectivity index (χ2n) is 9.24. The molecule has 0 bridgehead atoms. The fourth-order valence-corrected chi connectivity index (χ4v) is 4.62. The number of carbonyl (C=O) groups is 1. The second-order valence-corrected chi connectivity index (χ2v) is 9.24. The first-order valence-electron chi connectivity index (χ1n) is 11.3. The molecule has 0 saturated heterocycles. The molecule has 4 rings (SSSR count). The number of methoxy groups -OCH3 is 1. The summed E-state index contributed by atoms with van der Waals surface area (Å²) in [5.74, 6) is 0.406. The number of anilines is 1. The molecule has 0 radical (unpaired) electrons. The average molecular weight is 464 g/mol. The summed E-state index contributed by atoms with van der Waals surface area (Å²) in [6.45, 7) is 7.61. The van der Waals surface area contributed by atoms with Gasteiger partial charge in [-0.2, -0.15) is 0 Å². The van der Waals surface area contributed by atoms with Gasteiger partial charge < -0.3 is 19.5 Å². The van der Waals surface area contributed by atoms with E-state index in [2.05, 4.69) is 25.2 Å². The van der Waals surface area contributed by atoms with Gasteiger partial charge in [0.25, 0.3) is 0 Å². The lowest BCUT2D eigenvalue weighted by atomic mass is 9.70. The van der Waals surface area contributed by atoms with Crippen molar-refractivity contribution < 1.29 is 23.4 Å². The number of hydrogen-bond donors (Lipinski definition) is 1. The fraction of sp³-hybridized carbons (Fsp3) is 0.321. The second kappa shape index (κ2) is 9.37. The van der Waals surface area contributed by atoms with Gasteiger partial charge in [0, 0.05) is 34.7 Å². The molecule has 0 spiro atoms. The van der Waals surface area contributed by atoms with Crippen molar-refractivity contribution in [2.24, 2.45) is 5.41 Å². The molecule has 0 saturated carbocycles. The summed E-state index contributed by atoms with van der Waals surface area (Å²) in [5.41, 5.74) is 3.66. The Morgan fingerprint density at radius 3 is 2.53 bits per heavy atom. The molecule has 1 N–H and O–H groups in total. The summed E-state index contributed by atoms with van der Waals surface area (Å²) in [6.07, 6.45) is -0.475. The maximum Gasteiger partial charge on any atom is 0.303 e. The first-order chi connectivity index (χ1) is 16.2. The van der Waals surface area contributed by atoms with Crippen LogP contribution >= 0.6 is 0 Å². The normalized spacial score (nSPS) is 18.4. The van der Waals surface area contributed by atoms with Gasteiger partial charge in [-0.15, -0.1) is 0 Å². The number of halogens is 1. The summed E-state index contributed by atoms with van der Waals surface area (Å²) < 4.78 is 31.9. The Hall–Kier alpha value is -3.54. The number of fused-ring (bicyclic) bond motifs is 1. The molecule has 0 fully saturated rings. The third-order valence-electron chi connectivity index (χ3n) is 6.36. The molecule has 0 amide bonds. The third-order valence-corrected chi connectivity index (χ3v) is 6.36.